The van der Waals surface area contributed by atoms with E-state index in [2.05, 4.69) is 57.2 Å². The van der Waals surface area contributed by atoms with Gasteiger partial charge in [0, 0.05) is 160 Å². The number of guanidine groups is 3. The van der Waals surface area contributed by atoms with Crippen molar-refractivity contribution < 1.29 is 100.0 Å². The highest BCUT2D eigenvalue weighted by Crippen LogP contribution is 2.29. The van der Waals surface area contributed by atoms with Gasteiger partial charge in [-0.15, -0.1) is 0 Å². The standard InChI is InChI=1S/C93H146N20O20S3/c1-10-56(6)68(90(130)110-73(41-57(7)115)79(120)47-64(52-114)88(128)109-74(43-63-51-105-69-27-15-14-26-66(63)69)77(118)44-60(24-18-32-102-91(96)97)85(125)111-75(84(95)124)53-135-38-31-65-25-16-17-35-113(65)36-21-39-136(131,132)133)49-81(122)83(58(8)116)112-89(129)67(55(4)5)48-80(121)71(29-20-34-104-93(100)101)107-87(127)62(42-59-22-12-11-13-23-59)46-78(119)72(40-54(2)3)108-86(126)61(30-37-134-9)45-76(117)70(106-82(123)50-94)28-19-33-103-92(98)99/h11-17,22-23,25-27,35,51,54-58,60-62,64,67-68,70-75,83,105,114-116H,10,18-21,24,28-34,36-50,52-53,94H2,1-9H3,(H21-,95,96,97,98,99,100,101,102,103,104,106,107,108,109,110,111,112,123,124,125,126,127,128,129,130,131,132,133)/t56-,57?,58+,60+,61+,62+,64-,67-,68-,70-,71-,72-,73-,74-,75?,83-/m0/s1. The average Bonchev–Trinajstić information content (AvgIpc) is 1.72. The molecule has 0 spiro atoms. The molecule has 136 heavy (non-hydrogen) atoms. The number of para-hydroxylation sites is 1. The number of carbonyl (C=O) groups excluding carboxylic acids is 14. The smallest absolute Gasteiger partial charge is 0.240 e. The monoisotopic (exact) mass is 1960 g/mol. The maximum absolute atomic E-state index is 15.1. The lowest BCUT2D eigenvalue weighted by Gasteiger charge is -2.30. The zero-order valence-electron chi connectivity index (χ0n) is 79.6. The fourth-order valence-corrected chi connectivity index (χ4v) is 17.7. The molecule has 0 saturated heterocycles. The van der Waals surface area contributed by atoms with E-state index in [-0.39, 0.29) is 133 Å². The van der Waals surface area contributed by atoms with Gasteiger partial charge in [0.2, 0.25) is 47.3 Å². The van der Waals surface area contributed by atoms with Crippen molar-refractivity contribution in [3.8, 4) is 0 Å². The molecule has 0 saturated carbocycles. The van der Waals surface area contributed by atoms with Crippen molar-refractivity contribution in [2.24, 2.45) is 114 Å². The maximum Gasteiger partial charge on any atom is 0.240 e. The first-order valence-electron chi connectivity index (χ1n) is 46.3. The van der Waals surface area contributed by atoms with Crippen LogP contribution >= 0.6 is 23.5 Å². The minimum atomic E-state index is -4.43. The molecule has 0 aliphatic rings. The molecule has 2 unspecified atom stereocenters. The number of aromatic nitrogens is 2. The fourth-order valence-electron chi connectivity index (χ4n) is 15.7. The second-order valence-corrected chi connectivity index (χ2v) is 39.2. The van der Waals surface area contributed by atoms with Crippen LogP contribution in [0.1, 0.15) is 181 Å². The van der Waals surface area contributed by atoms with E-state index in [1.165, 1.54) is 37.4 Å². The van der Waals surface area contributed by atoms with Crippen LogP contribution in [0.25, 0.3) is 10.9 Å². The lowest BCUT2D eigenvalue weighted by Crippen LogP contribution is -2.53. The van der Waals surface area contributed by atoms with E-state index in [1.54, 1.807) is 111 Å². The Morgan fingerprint density at radius 2 is 1.00 bits per heavy atom. The number of aliphatic imine (C=N–C) groups is 3. The van der Waals surface area contributed by atoms with Gasteiger partial charge in [0.1, 0.15) is 18.6 Å². The third-order valence-corrected chi connectivity index (χ3v) is 26.0. The van der Waals surface area contributed by atoms with Crippen LogP contribution < -0.4 is 87.7 Å². The molecule has 756 valence electrons. The number of amides is 8. The number of ketones is 6. The molecule has 27 N–H and O–H groups in total. The molecule has 0 bridgehead atoms. The van der Waals surface area contributed by atoms with E-state index in [9.17, 15) is 81.0 Å². The number of nitrogens with zero attached hydrogens (tertiary/aromatic N) is 4. The summed E-state index contributed by atoms with van der Waals surface area (Å²) in [6, 6.07) is 11.6. The highest BCUT2D eigenvalue weighted by molar-refractivity contribution is 7.99. The number of aromatic amines is 1. The van der Waals surface area contributed by atoms with E-state index < -0.39 is 251 Å². The van der Waals surface area contributed by atoms with Crippen molar-refractivity contribution in [3.63, 3.8) is 0 Å². The van der Waals surface area contributed by atoms with Gasteiger partial charge in [-0.05, 0) is 119 Å². The van der Waals surface area contributed by atoms with Crippen LogP contribution in [0.2, 0.25) is 0 Å². The second-order valence-electron chi connectivity index (χ2n) is 35.5. The third-order valence-electron chi connectivity index (χ3n) is 23.6. The number of aryl methyl sites for hydroxylation is 2. The number of nitrogens with two attached hydrogens (primary N) is 8. The number of H-pyrrole nitrogens is 1. The van der Waals surface area contributed by atoms with E-state index in [1.807, 2.05) is 26.2 Å². The summed E-state index contributed by atoms with van der Waals surface area (Å²) >= 11 is 2.71. The van der Waals surface area contributed by atoms with Gasteiger partial charge in [0.05, 0.1) is 71.6 Å². The molecule has 0 fully saturated rings. The number of aliphatic hydroxyl groups excluding tert-OH is 3. The number of carbonyl (C=O) groups is 14. The lowest BCUT2D eigenvalue weighted by atomic mass is 9.83. The number of hydrogen-bond donors (Lipinski definition) is 19. The highest BCUT2D eigenvalue weighted by atomic mass is 32.2. The third kappa shape index (κ3) is 43.7. The number of benzene rings is 2. The van der Waals surface area contributed by atoms with Gasteiger partial charge in [-0.1, -0.05) is 103 Å². The first-order chi connectivity index (χ1) is 64.3. The molecular formula is C93H146N20O20S3. The Bertz CT molecular complexity index is 4780. The molecule has 0 aliphatic heterocycles. The summed E-state index contributed by atoms with van der Waals surface area (Å²) in [4.78, 5) is 218. The SMILES string of the molecule is CC[C@H](C)[C@H](CC(=O)[C@@H](NC(=O)[C@@H](CC(=O)[C@H](CCCN=C(N)N)NC(=O)[C@@H](CC(=O)[C@H](CC(C)C)NC(=O)[C@H](CCSC)CC(=O)[C@H](CCCN=C(N)N)NC(=O)CN)Cc1ccccc1)C(C)C)[C@@H](C)O)C(=O)N[C@@H](CC(C)O)C(=O)C[C@@H](CO)C(=O)N[C@@H](Cc1c[nH]c2ccccc12)C(=O)C[C@@H](CCCN=C(N)N)C(=O)NC(CSCCc1cccc[n+]1CCCS(=O)(=O)[O-])C(N)=O. The summed E-state index contributed by atoms with van der Waals surface area (Å²) in [5.41, 5.74) is 47.7. The van der Waals surface area contributed by atoms with Crippen LogP contribution in [-0.4, -0.2) is 250 Å². The van der Waals surface area contributed by atoms with Crippen LogP contribution in [-0.2, 0) is 103 Å². The zero-order chi connectivity index (χ0) is 101. The number of aliphatic hydroxyl groups is 3. The Labute approximate surface area is 805 Å². The Morgan fingerprint density at radius 1 is 0.515 bits per heavy atom. The highest BCUT2D eigenvalue weighted by Gasteiger charge is 2.41. The predicted molar refractivity (Wildman–Crippen MR) is 521 cm³/mol. The summed E-state index contributed by atoms with van der Waals surface area (Å²) in [6.45, 7) is 11.9. The lowest BCUT2D eigenvalue weighted by molar-refractivity contribution is -0.703. The Hall–Kier alpha value is -10.8. The number of nitrogens with one attached hydrogen (secondary N) is 8. The fraction of sp³-hybridized carbons (Fsp3) is 0.613. The van der Waals surface area contributed by atoms with Gasteiger partial charge in [0.25, 0.3) is 0 Å². The second kappa shape index (κ2) is 61.4. The van der Waals surface area contributed by atoms with Crippen molar-refractivity contribution in [1.82, 2.24) is 42.2 Å². The molecule has 0 aliphatic carbocycles. The van der Waals surface area contributed by atoms with E-state index >= 15 is 14.4 Å². The number of Topliss-reactive ketones (excluding diaryl/α,β-unsaturated/α-hetero) is 6. The molecule has 2 aromatic carbocycles. The summed E-state index contributed by atoms with van der Waals surface area (Å²) in [6.07, 6.45) is 0.0268. The van der Waals surface area contributed by atoms with Gasteiger partial charge >= 0.3 is 0 Å². The van der Waals surface area contributed by atoms with Crippen LogP contribution in [0.15, 0.2) is 100 Å². The molecule has 40 nitrogen and oxygen atoms in total. The zero-order valence-corrected chi connectivity index (χ0v) is 82.1. The molecule has 4 aromatic rings. The first-order valence-corrected chi connectivity index (χ1v) is 50.4. The van der Waals surface area contributed by atoms with Crippen molar-refractivity contribution in [1.29, 1.82) is 0 Å². The summed E-state index contributed by atoms with van der Waals surface area (Å²) in [7, 11) is -4.43. The Kier molecular flexibility index (Phi) is 53.0. The van der Waals surface area contributed by atoms with Crippen LogP contribution in [0.3, 0.4) is 0 Å². The van der Waals surface area contributed by atoms with Crippen molar-refractivity contribution in [3.05, 3.63) is 102 Å². The van der Waals surface area contributed by atoms with Crippen molar-refractivity contribution in [2.45, 2.75) is 245 Å². The predicted octanol–water partition coefficient (Wildman–Crippen LogP) is 0.248. The number of hydrogen-bond acceptors (Lipinski definition) is 26. The molecule has 0 radical (unpaired) electrons. The van der Waals surface area contributed by atoms with Crippen molar-refractivity contribution >= 4 is 144 Å². The topological polar surface area (TPSA) is 706 Å². The number of rotatable bonds is 70. The minimum Gasteiger partial charge on any atom is -0.748 e. The molecule has 2 aromatic heterocycles. The molecule has 2 heterocycles. The van der Waals surface area contributed by atoms with Gasteiger partial charge in [-0.25, -0.2) is 13.0 Å². The maximum atomic E-state index is 15.1. The van der Waals surface area contributed by atoms with Crippen LogP contribution in [0.5, 0.6) is 0 Å². The summed E-state index contributed by atoms with van der Waals surface area (Å²) in [5, 5.41) is 53.0. The number of fused-ring (bicyclic) bond motifs is 1. The largest absolute Gasteiger partial charge is 0.748 e. The molecule has 16 atom stereocenters. The van der Waals surface area contributed by atoms with Crippen LogP contribution in [0.4, 0.5) is 0 Å². The van der Waals surface area contributed by atoms with Crippen molar-refractivity contribution in [2.75, 3.05) is 62.1 Å². The van der Waals surface area contributed by atoms with E-state index in [0.29, 0.717) is 46.4 Å². The Balaban J connectivity index is 1.61. The van der Waals surface area contributed by atoms with Gasteiger partial charge in [-0.3, -0.25) is 82.1 Å². The average molecular weight is 1960 g/mol. The van der Waals surface area contributed by atoms with Gasteiger partial charge in [0.15, 0.2) is 64.5 Å². The van der Waals surface area contributed by atoms with E-state index in [4.69, 9.17) is 45.9 Å². The minimum absolute atomic E-state index is 0.00105. The summed E-state index contributed by atoms with van der Waals surface area (Å²) < 4.78 is 35.7. The van der Waals surface area contributed by atoms with Gasteiger partial charge < -0.3 is 108 Å². The van der Waals surface area contributed by atoms with Gasteiger partial charge in [-0.2, -0.15) is 23.5 Å². The normalized spacial score (nSPS) is 15.1. The molecule has 4 rings (SSSR count). The van der Waals surface area contributed by atoms with Crippen LogP contribution in [0, 0.1) is 53.3 Å². The molecule has 8 amide bonds. The number of pyridine rings is 1. The Morgan fingerprint density at radius 3 is 1.55 bits per heavy atom. The van der Waals surface area contributed by atoms with E-state index in [0.717, 1.165) is 5.69 Å². The molecular weight excluding hydrogens is 1810 g/mol. The number of thioether (sulfide) groups is 2. The quantitative estimate of drug-likeness (QED) is 0.00926. The number of primary amides is 1. The summed E-state index contributed by atoms with van der Waals surface area (Å²) in [5.74, 6) is -19.7. The first kappa shape index (κ1) is 117. The molecule has 43 heteroatoms.